The lowest BCUT2D eigenvalue weighted by molar-refractivity contribution is 0.514. The average Bonchev–Trinajstić information content (AvgIpc) is 2.66. The highest BCUT2D eigenvalue weighted by Gasteiger charge is 2.14. The first-order valence-electron chi connectivity index (χ1n) is 5.98. The van der Waals surface area contributed by atoms with Crippen LogP contribution >= 0.6 is 11.6 Å². The van der Waals surface area contributed by atoms with E-state index in [1.807, 2.05) is 25.2 Å². The highest BCUT2D eigenvalue weighted by Crippen LogP contribution is 2.25. The number of fused-ring (bicyclic) bond motifs is 1. The van der Waals surface area contributed by atoms with E-state index in [2.05, 4.69) is 28.7 Å². The van der Waals surface area contributed by atoms with Crippen molar-refractivity contribution in [3.05, 3.63) is 29.0 Å². The standard InChI is InChI=1S/C13H18ClN3/c1-4-9(2)17-12-7-10(14)5-6-11(12)16-13(17)8-15-3/h5-7,9,15H,4,8H2,1-3H3. The molecule has 1 unspecified atom stereocenters. The lowest BCUT2D eigenvalue weighted by atomic mass is 10.2. The Morgan fingerprint density at radius 2 is 2.24 bits per heavy atom. The fourth-order valence-corrected chi connectivity index (χ4v) is 2.24. The molecule has 3 nitrogen and oxygen atoms in total. The van der Waals surface area contributed by atoms with Crippen molar-refractivity contribution >= 4 is 22.6 Å². The van der Waals surface area contributed by atoms with Crippen molar-refractivity contribution in [1.82, 2.24) is 14.9 Å². The van der Waals surface area contributed by atoms with Gasteiger partial charge >= 0.3 is 0 Å². The second-order valence-electron chi connectivity index (χ2n) is 4.32. The SMILES string of the molecule is CCC(C)n1c(CNC)nc2ccc(Cl)cc21. The van der Waals surface area contributed by atoms with Crippen LogP contribution in [0.5, 0.6) is 0 Å². The fourth-order valence-electron chi connectivity index (χ4n) is 2.07. The van der Waals surface area contributed by atoms with Crippen molar-refractivity contribution in [2.45, 2.75) is 32.9 Å². The zero-order valence-electron chi connectivity index (χ0n) is 10.5. The number of nitrogens with zero attached hydrogens (tertiary/aromatic N) is 2. The lowest BCUT2D eigenvalue weighted by Crippen LogP contribution is -2.14. The van der Waals surface area contributed by atoms with Crippen molar-refractivity contribution in [3.63, 3.8) is 0 Å². The van der Waals surface area contributed by atoms with Gasteiger partial charge in [0.1, 0.15) is 5.82 Å². The number of rotatable bonds is 4. The molecule has 92 valence electrons. The van der Waals surface area contributed by atoms with Crippen LogP contribution in [0.15, 0.2) is 18.2 Å². The molecule has 1 N–H and O–H groups in total. The maximum absolute atomic E-state index is 6.07. The summed E-state index contributed by atoms with van der Waals surface area (Å²) in [5, 5.41) is 3.92. The predicted molar refractivity (Wildman–Crippen MR) is 72.5 cm³/mol. The van der Waals surface area contributed by atoms with Crippen LogP contribution in [0.1, 0.15) is 32.1 Å². The molecule has 0 bridgehead atoms. The number of aromatic nitrogens is 2. The molecule has 0 fully saturated rings. The molecule has 1 aromatic heterocycles. The van der Waals surface area contributed by atoms with Gasteiger partial charge in [0.25, 0.3) is 0 Å². The van der Waals surface area contributed by atoms with E-state index >= 15 is 0 Å². The Labute approximate surface area is 107 Å². The number of hydrogen-bond donors (Lipinski definition) is 1. The van der Waals surface area contributed by atoms with Crippen LogP contribution < -0.4 is 5.32 Å². The Morgan fingerprint density at radius 3 is 2.88 bits per heavy atom. The smallest absolute Gasteiger partial charge is 0.124 e. The second kappa shape index (κ2) is 5.07. The molecule has 2 aromatic rings. The third-order valence-corrected chi connectivity index (χ3v) is 3.33. The lowest BCUT2D eigenvalue weighted by Gasteiger charge is -2.15. The fraction of sp³-hybridized carbons (Fsp3) is 0.462. The van der Waals surface area contributed by atoms with Crippen molar-refractivity contribution in [2.24, 2.45) is 0 Å². The second-order valence-corrected chi connectivity index (χ2v) is 4.76. The Morgan fingerprint density at radius 1 is 1.47 bits per heavy atom. The summed E-state index contributed by atoms with van der Waals surface area (Å²) in [7, 11) is 1.94. The van der Waals surface area contributed by atoms with Crippen LogP contribution in [0.4, 0.5) is 0 Å². The van der Waals surface area contributed by atoms with Gasteiger partial charge in [0.05, 0.1) is 17.6 Å². The summed E-state index contributed by atoms with van der Waals surface area (Å²) < 4.78 is 2.28. The first-order chi connectivity index (χ1) is 8.17. The molecule has 0 radical (unpaired) electrons. The van der Waals surface area contributed by atoms with Crippen molar-refractivity contribution < 1.29 is 0 Å². The van der Waals surface area contributed by atoms with Gasteiger partial charge in [-0.2, -0.15) is 0 Å². The van der Waals surface area contributed by atoms with E-state index in [0.29, 0.717) is 6.04 Å². The van der Waals surface area contributed by atoms with Gasteiger partial charge in [-0.1, -0.05) is 18.5 Å². The summed E-state index contributed by atoms with van der Waals surface area (Å²) >= 11 is 6.07. The Kier molecular flexibility index (Phi) is 3.69. The maximum atomic E-state index is 6.07. The monoisotopic (exact) mass is 251 g/mol. The largest absolute Gasteiger partial charge is 0.324 e. The third kappa shape index (κ3) is 2.31. The third-order valence-electron chi connectivity index (χ3n) is 3.09. The summed E-state index contributed by atoms with van der Waals surface area (Å²) in [6, 6.07) is 6.30. The molecule has 0 aliphatic rings. The molecule has 17 heavy (non-hydrogen) atoms. The maximum Gasteiger partial charge on any atom is 0.124 e. The van der Waals surface area contributed by atoms with Crippen LogP contribution in [0.2, 0.25) is 5.02 Å². The van der Waals surface area contributed by atoms with E-state index in [9.17, 15) is 0 Å². The molecule has 0 saturated heterocycles. The molecule has 0 spiro atoms. The quantitative estimate of drug-likeness (QED) is 0.903. The Bertz CT molecular complexity index is 519. The number of halogens is 1. The number of imidazole rings is 1. The van der Waals surface area contributed by atoms with E-state index in [0.717, 1.165) is 34.8 Å². The van der Waals surface area contributed by atoms with Crippen LogP contribution in [0.25, 0.3) is 11.0 Å². The zero-order valence-corrected chi connectivity index (χ0v) is 11.3. The number of nitrogens with one attached hydrogen (secondary N) is 1. The molecular weight excluding hydrogens is 234 g/mol. The van der Waals surface area contributed by atoms with Crippen molar-refractivity contribution in [3.8, 4) is 0 Å². The summed E-state index contributed by atoms with van der Waals surface area (Å²) in [4.78, 5) is 4.65. The van der Waals surface area contributed by atoms with Gasteiger partial charge in [0.15, 0.2) is 0 Å². The molecule has 0 saturated carbocycles. The molecule has 1 atom stereocenters. The van der Waals surface area contributed by atoms with Crippen molar-refractivity contribution in [1.29, 1.82) is 0 Å². The van der Waals surface area contributed by atoms with Crippen LogP contribution in [0.3, 0.4) is 0 Å². The summed E-state index contributed by atoms with van der Waals surface area (Å²) in [5.74, 6) is 1.07. The normalized spacial score (nSPS) is 13.2. The van der Waals surface area contributed by atoms with Gasteiger partial charge in [-0.15, -0.1) is 0 Å². The van der Waals surface area contributed by atoms with Gasteiger partial charge in [-0.25, -0.2) is 4.98 Å². The molecule has 1 heterocycles. The van der Waals surface area contributed by atoms with E-state index in [1.165, 1.54) is 0 Å². The van der Waals surface area contributed by atoms with Crippen molar-refractivity contribution in [2.75, 3.05) is 7.05 Å². The first-order valence-corrected chi connectivity index (χ1v) is 6.36. The van der Waals surface area contributed by atoms with E-state index in [4.69, 9.17) is 11.6 Å². The molecular formula is C13H18ClN3. The predicted octanol–water partition coefficient (Wildman–Crippen LogP) is 3.38. The summed E-state index contributed by atoms with van der Waals surface area (Å²) in [5.41, 5.74) is 2.14. The summed E-state index contributed by atoms with van der Waals surface area (Å²) in [6.07, 6.45) is 1.08. The van der Waals surface area contributed by atoms with Gasteiger partial charge in [0.2, 0.25) is 0 Å². The Hall–Kier alpha value is -1.06. The minimum absolute atomic E-state index is 0.432. The van der Waals surface area contributed by atoms with Crippen LogP contribution in [-0.4, -0.2) is 16.6 Å². The first kappa shape index (κ1) is 12.4. The van der Waals surface area contributed by atoms with Gasteiger partial charge in [-0.3, -0.25) is 0 Å². The zero-order chi connectivity index (χ0) is 12.4. The molecule has 1 aromatic carbocycles. The highest BCUT2D eigenvalue weighted by molar-refractivity contribution is 6.31. The van der Waals surface area contributed by atoms with Gasteiger partial charge in [-0.05, 0) is 38.6 Å². The topological polar surface area (TPSA) is 29.9 Å². The van der Waals surface area contributed by atoms with Crippen LogP contribution in [-0.2, 0) is 6.54 Å². The highest BCUT2D eigenvalue weighted by atomic mass is 35.5. The average molecular weight is 252 g/mol. The number of benzene rings is 1. The van der Waals surface area contributed by atoms with E-state index in [1.54, 1.807) is 0 Å². The minimum atomic E-state index is 0.432. The molecule has 0 aliphatic carbocycles. The minimum Gasteiger partial charge on any atom is -0.324 e. The number of hydrogen-bond acceptors (Lipinski definition) is 2. The molecule has 2 rings (SSSR count). The van der Waals surface area contributed by atoms with E-state index in [-0.39, 0.29) is 0 Å². The van der Waals surface area contributed by atoms with E-state index < -0.39 is 0 Å². The molecule has 4 heteroatoms. The van der Waals surface area contributed by atoms with Gasteiger partial charge in [0, 0.05) is 11.1 Å². The molecule has 0 amide bonds. The summed E-state index contributed by atoms with van der Waals surface area (Å²) in [6.45, 7) is 5.17. The van der Waals surface area contributed by atoms with Gasteiger partial charge < -0.3 is 9.88 Å². The molecule has 0 aliphatic heterocycles. The van der Waals surface area contributed by atoms with Crippen LogP contribution in [0, 0.1) is 0 Å². The Balaban J connectivity index is 2.64.